The molecule has 1 aliphatic heterocycles. The predicted octanol–water partition coefficient (Wildman–Crippen LogP) is 2.41. The third-order valence-corrected chi connectivity index (χ3v) is 5.58. The molecule has 0 aromatic heterocycles. The summed E-state index contributed by atoms with van der Waals surface area (Å²) in [7, 11) is -5.17. The van der Waals surface area contributed by atoms with Crippen LogP contribution in [0.25, 0.3) is 0 Å². The fourth-order valence-corrected chi connectivity index (χ4v) is 3.95. The Kier molecular flexibility index (Phi) is 9.47. The maximum absolute atomic E-state index is 13.3. The van der Waals surface area contributed by atoms with Crippen LogP contribution in [0.3, 0.4) is 0 Å². The van der Waals surface area contributed by atoms with Crippen LogP contribution >= 0.6 is 7.60 Å². The van der Waals surface area contributed by atoms with Gasteiger partial charge in [-0.2, -0.15) is 13.2 Å². The molecule has 0 radical (unpaired) electrons. The maximum atomic E-state index is 13.3. The molecule has 1 heterocycles. The number of rotatable bonds is 10. The number of hydrazine groups is 1. The van der Waals surface area contributed by atoms with E-state index in [0.717, 1.165) is 19.3 Å². The number of halogens is 3. The van der Waals surface area contributed by atoms with Crippen LogP contribution < -0.4 is 10.3 Å². The van der Waals surface area contributed by atoms with Gasteiger partial charge in [0.15, 0.2) is 0 Å². The third-order valence-electron chi connectivity index (χ3n) is 4.30. The topological polar surface area (TPSA) is 118 Å². The van der Waals surface area contributed by atoms with Gasteiger partial charge in [0.25, 0.3) is 5.97 Å². The monoisotopic (exact) mass is 483 g/mol. The molecule has 10 nitrogen and oxygen atoms in total. The highest BCUT2D eigenvalue weighted by molar-refractivity contribution is 7.53. The predicted molar refractivity (Wildman–Crippen MR) is 105 cm³/mol. The second-order valence-corrected chi connectivity index (χ2v) is 8.54. The quantitative estimate of drug-likeness (QED) is 0.224. The Hall–Kier alpha value is -2.18. The van der Waals surface area contributed by atoms with Gasteiger partial charge in [0.1, 0.15) is 12.3 Å². The van der Waals surface area contributed by atoms with Crippen molar-refractivity contribution in [2.75, 3.05) is 26.2 Å². The van der Waals surface area contributed by atoms with Crippen molar-refractivity contribution in [1.29, 1.82) is 0 Å². The van der Waals surface area contributed by atoms with Crippen LogP contribution in [0, 0.1) is 0 Å². The molecule has 1 amide bonds. The highest BCUT2D eigenvalue weighted by Crippen LogP contribution is 2.49. The van der Waals surface area contributed by atoms with Gasteiger partial charge in [-0.05, 0) is 31.9 Å². The lowest BCUT2D eigenvalue weighted by Gasteiger charge is -2.34. The van der Waals surface area contributed by atoms with E-state index in [9.17, 15) is 32.2 Å². The smallest absolute Gasteiger partial charge is 0.465 e. The van der Waals surface area contributed by atoms with Gasteiger partial charge < -0.3 is 14.4 Å². The second kappa shape index (κ2) is 11.6. The minimum absolute atomic E-state index is 0.128. The first-order valence-electron chi connectivity index (χ1n) is 9.81. The molecule has 0 saturated carbocycles. The van der Waals surface area contributed by atoms with Crippen molar-refractivity contribution < 1.29 is 46.3 Å². The van der Waals surface area contributed by atoms with Crippen LogP contribution in [0.5, 0.6) is 5.75 Å². The molecule has 1 saturated heterocycles. The van der Waals surface area contributed by atoms with Crippen molar-refractivity contribution in [3.63, 3.8) is 0 Å². The number of amides is 1. The minimum Gasteiger partial charge on any atom is -0.465 e. The number of nitrogens with zero attached hydrogens (tertiary/aromatic N) is 2. The number of esters is 1. The van der Waals surface area contributed by atoms with Gasteiger partial charge in [0, 0.05) is 13.1 Å². The number of hydrogen-bond acceptors (Lipinski definition) is 8. The van der Waals surface area contributed by atoms with E-state index in [1.54, 1.807) is 6.07 Å². The highest BCUT2D eigenvalue weighted by Gasteiger charge is 2.52. The summed E-state index contributed by atoms with van der Waals surface area (Å²) in [5.41, 5.74) is 2.24. The summed E-state index contributed by atoms with van der Waals surface area (Å²) >= 11 is 0. The Balaban J connectivity index is 2.36. The summed E-state index contributed by atoms with van der Waals surface area (Å²) in [4.78, 5) is 34.3. The standard InChI is InChI=1S/C18H25F3N3O7P/c1-2-29-15(25)13-24(16(26)18(19,20)21)17(30-14-9-5-3-6-10-14)32(27,28)31-22-23-11-7-4-8-12-23/h3,5-6,9-10,17,22H,2,4,7-8,11-13H2,1H3,(H,27,28). The lowest BCUT2D eigenvalue weighted by Crippen LogP contribution is -2.52. The first kappa shape index (κ1) is 26.1. The first-order valence-corrected chi connectivity index (χ1v) is 11.5. The van der Waals surface area contributed by atoms with Crippen LogP contribution in [0.15, 0.2) is 30.3 Å². The van der Waals surface area contributed by atoms with Crippen molar-refractivity contribution in [3.8, 4) is 5.75 Å². The molecule has 1 aromatic carbocycles. The maximum Gasteiger partial charge on any atom is 0.471 e. The lowest BCUT2D eigenvalue weighted by molar-refractivity contribution is -0.192. The van der Waals surface area contributed by atoms with Crippen molar-refractivity contribution in [1.82, 2.24) is 15.5 Å². The normalized spacial score (nSPS) is 17.8. The van der Waals surface area contributed by atoms with Gasteiger partial charge in [-0.25, -0.2) is 9.63 Å². The van der Waals surface area contributed by atoms with E-state index < -0.39 is 38.2 Å². The van der Waals surface area contributed by atoms with Crippen LogP contribution in [0.4, 0.5) is 13.2 Å². The molecule has 1 fully saturated rings. The number of carbonyl (C=O) groups excluding carboxylic acids is 2. The molecular formula is C18H25F3N3O7P. The fourth-order valence-electron chi connectivity index (χ4n) is 2.83. The molecule has 2 rings (SSSR count). The molecular weight excluding hydrogens is 458 g/mol. The van der Waals surface area contributed by atoms with E-state index >= 15 is 0 Å². The zero-order valence-corrected chi connectivity index (χ0v) is 18.2. The summed E-state index contributed by atoms with van der Waals surface area (Å²) in [6, 6.07) is 7.09. The van der Waals surface area contributed by atoms with E-state index in [0.29, 0.717) is 13.1 Å². The Morgan fingerprint density at radius 1 is 1.22 bits per heavy atom. The molecule has 2 N–H and O–H groups in total. The van der Waals surface area contributed by atoms with Crippen molar-refractivity contribution in [3.05, 3.63) is 30.3 Å². The number of para-hydroxylation sites is 1. The van der Waals surface area contributed by atoms with Crippen LogP contribution in [-0.4, -0.2) is 65.1 Å². The Labute approximate surface area is 182 Å². The van der Waals surface area contributed by atoms with Gasteiger partial charge >= 0.3 is 25.6 Å². The van der Waals surface area contributed by atoms with Crippen LogP contribution in [0.2, 0.25) is 0 Å². The Bertz CT molecular complexity index is 807. The summed E-state index contributed by atoms with van der Waals surface area (Å²) < 4.78 is 67.5. The van der Waals surface area contributed by atoms with E-state index in [2.05, 4.69) is 10.3 Å². The molecule has 0 spiro atoms. The summed E-state index contributed by atoms with van der Waals surface area (Å²) in [5.74, 6) is -6.42. The average molecular weight is 483 g/mol. The van der Waals surface area contributed by atoms with Crippen LogP contribution in [-0.2, 0) is 23.5 Å². The molecule has 0 aliphatic carbocycles. The van der Waals surface area contributed by atoms with E-state index in [4.69, 9.17) is 9.36 Å². The summed E-state index contributed by atoms with van der Waals surface area (Å²) in [6.07, 6.45) is -2.97. The number of nitrogens with one attached hydrogen (secondary N) is 1. The zero-order valence-electron chi connectivity index (χ0n) is 17.3. The Morgan fingerprint density at radius 3 is 2.41 bits per heavy atom. The van der Waals surface area contributed by atoms with Crippen molar-refractivity contribution >= 4 is 19.5 Å². The van der Waals surface area contributed by atoms with Crippen molar-refractivity contribution in [2.24, 2.45) is 0 Å². The highest BCUT2D eigenvalue weighted by atomic mass is 31.2. The van der Waals surface area contributed by atoms with Gasteiger partial charge in [-0.1, -0.05) is 24.6 Å². The SMILES string of the molecule is CCOC(=O)CN(C(=O)C(F)(F)F)C(Oc1ccccc1)P(=O)(O)ONN1CCCCC1. The molecule has 14 heteroatoms. The number of hydrogen-bond donors (Lipinski definition) is 2. The van der Waals surface area contributed by atoms with Gasteiger partial charge in [-0.3, -0.25) is 19.1 Å². The number of benzene rings is 1. The van der Waals surface area contributed by atoms with Crippen molar-refractivity contribution in [2.45, 2.75) is 38.3 Å². The van der Waals surface area contributed by atoms with E-state index in [-0.39, 0.29) is 17.3 Å². The fraction of sp³-hybridized carbons (Fsp3) is 0.556. The molecule has 1 aromatic rings. The average Bonchev–Trinajstić information content (AvgIpc) is 2.75. The molecule has 2 atom stereocenters. The first-order chi connectivity index (χ1) is 15.0. The van der Waals surface area contributed by atoms with Gasteiger partial charge in [0.05, 0.1) is 6.61 Å². The number of ether oxygens (including phenoxy) is 2. The van der Waals surface area contributed by atoms with Gasteiger partial charge in [0.2, 0.25) is 0 Å². The zero-order chi connectivity index (χ0) is 23.8. The molecule has 1 aliphatic rings. The molecule has 180 valence electrons. The molecule has 32 heavy (non-hydrogen) atoms. The Morgan fingerprint density at radius 2 is 1.84 bits per heavy atom. The number of carbonyl (C=O) groups is 2. The number of piperidine rings is 1. The second-order valence-electron chi connectivity index (χ2n) is 6.79. The molecule has 2 unspecified atom stereocenters. The van der Waals surface area contributed by atoms with E-state index in [1.165, 1.54) is 36.2 Å². The van der Waals surface area contributed by atoms with E-state index in [1.807, 2.05) is 0 Å². The lowest BCUT2D eigenvalue weighted by atomic mass is 10.2. The minimum atomic E-state index is -5.47. The number of alkyl halides is 3. The van der Waals surface area contributed by atoms with Crippen LogP contribution in [0.1, 0.15) is 26.2 Å². The summed E-state index contributed by atoms with van der Waals surface area (Å²) in [5, 5.41) is 1.47. The molecule has 0 bridgehead atoms. The largest absolute Gasteiger partial charge is 0.471 e. The third kappa shape index (κ3) is 7.75. The summed E-state index contributed by atoms with van der Waals surface area (Å²) in [6.45, 7) is 0.882. The van der Waals surface area contributed by atoms with Gasteiger partial charge in [-0.15, -0.1) is 5.59 Å².